The van der Waals surface area contributed by atoms with Crippen LogP contribution in [-0.2, 0) is 17.9 Å². The van der Waals surface area contributed by atoms with Crippen molar-refractivity contribution in [3.63, 3.8) is 0 Å². The molecule has 0 fully saturated rings. The highest BCUT2D eigenvalue weighted by Crippen LogP contribution is 2.17. The standard InChI is InChI=1S/C11H13ClN4O/c1-3-16-6-8(5-13-16)11-14-9(7-17-2)4-10(12)15-11/h4-6H,3,7H2,1-2H3. The van der Waals surface area contributed by atoms with Crippen LogP contribution in [-0.4, -0.2) is 26.9 Å². The van der Waals surface area contributed by atoms with Gasteiger partial charge in [-0.15, -0.1) is 0 Å². The first-order valence-electron chi connectivity index (χ1n) is 5.28. The van der Waals surface area contributed by atoms with E-state index in [0.717, 1.165) is 17.8 Å². The van der Waals surface area contributed by atoms with E-state index in [-0.39, 0.29) is 0 Å². The summed E-state index contributed by atoms with van der Waals surface area (Å²) in [6, 6.07) is 1.69. The van der Waals surface area contributed by atoms with E-state index < -0.39 is 0 Å². The highest BCUT2D eigenvalue weighted by molar-refractivity contribution is 6.29. The average molecular weight is 253 g/mol. The number of hydrogen-bond donors (Lipinski definition) is 0. The fourth-order valence-corrected chi connectivity index (χ4v) is 1.67. The topological polar surface area (TPSA) is 52.8 Å². The molecule has 0 unspecified atom stereocenters. The first-order valence-corrected chi connectivity index (χ1v) is 5.66. The van der Waals surface area contributed by atoms with Gasteiger partial charge in [0, 0.05) is 19.9 Å². The van der Waals surface area contributed by atoms with Gasteiger partial charge < -0.3 is 4.74 Å². The van der Waals surface area contributed by atoms with Crippen molar-refractivity contribution in [2.45, 2.75) is 20.1 Å². The molecule has 0 N–H and O–H groups in total. The van der Waals surface area contributed by atoms with Crippen LogP contribution in [0.2, 0.25) is 5.15 Å². The molecule has 0 spiro atoms. The molecular weight excluding hydrogens is 240 g/mol. The van der Waals surface area contributed by atoms with Crippen LogP contribution in [0.3, 0.4) is 0 Å². The predicted octanol–water partition coefficient (Wildman–Crippen LogP) is 2.16. The van der Waals surface area contributed by atoms with E-state index in [2.05, 4.69) is 15.1 Å². The summed E-state index contributed by atoms with van der Waals surface area (Å²) in [6.45, 7) is 3.24. The van der Waals surface area contributed by atoms with Gasteiger partial charge in [-0.1, -0.05) is 11.6 Å². The molecule has 2 heterocycles. The van der Waals surface area contributed by atoms with Crippen LogP contribution >= 0.6 is 11.6 Å². The molecule has 0 aliphatic heterocycles. The maximum atomic E-state index is 5.94. The lowest BCUT2D eigenvalue weighted by Crippen LogP contribution is -1.97. The number of halogens is 1. The van der Waals surface area contributed by atoms with Gasteiger partial charge in [0.05, 0.1) is 24.1 Å². The molecule has 0 amide bonds. The molecule has 0 saturated carbocycles. The quantitative estimate of drug-likeness (QED) is 0.783. The second-order valence-electron chi connectivity index (χ2n) is 3.52. The molecular formula is C11H13ClN4O. The Morgan fingerprint density at radius 3 is 2.88 bits per heavy atom. The zero-order chi connectivity index (χ0) is 12.3. The van der Waals surface area contributed by atoms with E-state index in [1.165, 1.54) is 0 Å². The van der Waals surface area contributed by atoms with Crippen molar-refractivity contribution in [1.82, 2.24) is 19.7 Å². The Balaban J connectivity index is 2.37. The van der Waals surface area contributed by atoms with Gasteiger partial charge in [0.2, 0.25) is 0 Å². The number of aryl methyl sites for hydroxylation is 1. The molecule has 0 aliphatic rings. The van der Waals surface area contributed by atoms with Crippen molar-refractivity contribution in [2.24, 2.45) is 0 Å². The van der Waals surface area contributed by atoms with Crippen LogP contribution in [0.1, 0.15) is 12.6 Å². The van der Waals surface area contributed by atoms with E-state index in [0.29, 0.717) is 17.6 Å². The predicted molar refractivity (Wildman–Crippen MR) is 64.7 cm³/mol. The van der Waals surface area contributed by atoms with Gasteiger partial charge in [-0.2, -0.15) is 5.10 Å². The molecule has 0 atom stereocenters. The fraction of sp³-hybridized carbons (Fsp3) is 0.364. The zero-order valence-corrected chi connectivity index (χ0v) is 10.5. The third-order valence-corrected chi connectivity index (χ3v) is 2.45. The van der Waals surface area contributed by atoms with Crippen molar-refractivity contribution in [2.75, 3.05) is 7.11 Å². The Labute approximate surface area is 104 Å². The molecule has 6 heteroatoms. The van der Waals surface area contributed by atoms with Gasteiger partial charge >= 0.3 is 0 Å². The lowest BCUT2D eigenvalue weighted by Gasteiger charge is -2.02. The monoisotopic (exact) mass is 252 g/mol. The summed E-state index contributed by atoms with van der Waals surface area (Å²) in [5, 5.41) is 4.59. The number of hydrogen-bond acceptors (Lipinski definition) is 4. The molecule has 90 valence electrons. The maximum Gasteiger partial charge on any atom is 0.164 e. The van der Waals surface area contributed by atoms with Gasteiger partial charge in [-0.3, -0.25) is 4.68 Å². The third kappa shape index (κ3) is 2.81. The first kappa shape index (κ1) is 12.0. The third-order valence-electron chi connectivity index (χ3n) is 2.26. The molecule has 5 nitrogen and oxygen atoms in total. The van der Waals surface area contributed by atoms with Crippen LogP contribution < -0.4 is 0 Å². The van der Waals surface area contributed by atoms with E-state index >= 15 is 0 Å². The highest BCUT2D eigenvalue weighted by Gasteiger charge is 2.07. The molecule has 17 heavy (non-hydrogen) atoms. The fourth-order valence-electron chi connectivity index (χ4n) is 1.47. The molecule has 2 aromatic rings. The van der Waals surface area contributed by atoms with Crippen molar-refractivity contribution in [3.8, 4) is 11.4 Å². The Hall–Kier alpha value is -1.46. The number of ether oxygens (including phenoxy) is 1. The average Bonchev–Trinajstić information content (AvgIpc) is 2.77. The van der Waals surface area contributed by atoms with Gasteiger partial charge in [-0.05, 0) is 13.0 Å². The number of nitrogens with zero attached hydrogens (tertiary/aromatic N) is 4. The van der Waals surface area contributed by atoms with Crippen molar-refractivity contribution in [1.29, 1.82) is 0 Å². The van der Waals surface area contributed by atoms with E-state index in [1.807, 2.05) is 17.8 Å². The van der Waals surface area contributed by atoms with Crippen molar-refractivity contribution < 1.29 is 4.74 Å². The van der Waals surface area contributed by atoms with Crippen LogP contribution in [0.25, 0.3) is 11.4 Å². The Kier molecular flexibility index (Phi) is 3.71. The van der Waals surface area contributed by atoms with Crippen LogP contribution in [0.5, 0.6) is 0 Å². The Morgan fingerprint density at radius 2 is 2.24 bits per heavy atom. The summed E-state index contributed by atoms with van der Waals surface area (Å²) in [5.74, 6) is 0.573. The lowest BCUT2D eigenvalue weighted by atomic mass is 10.3. The zero-order valence-electron chi connectivity index (χ0n) is 9.72. The number of methoxy groups -OCH3 is 1. The van der Waals surface area contributed by atoms with Crippen molar-refractivity contribution in [3.05, 3.63) is 29.3 Å². The SMILES string of the molecule is CCn1cc(-c2nc(Cl)cc(COC)n2)cn1. The van der Waals surface area contributed by atoms with E-state index in [9.17, 15) is 0 Å². The molecule has 2 rings (SSSR count). The Morgan fingerprint density at radius 1 is 1.41 bits per heavy atom. The minimum absolute atomic E-state index is 0.409. The molecule has 2 aromatic heterocycles. The molecule has 0 aromatic carbocycles. The maximum absolute atomic E-state index is 5.94. The molecule has 0 bridgehead atoms. The van der Waals surface area contributed by atoms with Crippen LogP contribution in [0.15, 0.2) is 18.5 Å². The lowest BCUT2D eigenvalue weighted by molar-refractivity contribution is 0.181. The second kappa shape index (κ2) is 5.25. The summed E-state index contributed by atoms with van der Waals surface area (Å²) >= 11 is 5.94. The van der Waals surface area contributed by atoms with Crippen LogP contribution in [0, 0.1) is 0 Å². The van der Waals surface area contributed by atoms with Gasteiger partial charge in [0.1, 0.15) is 5.15 Å². The van der Waals surface area contributed by atoms with Crippen LogP contribution in [0.4, 0.5) is 0 Å². The second-order valence-corrected chi connectivity index (χ2v) is 3.91. The summed E-state index contributed by atoms with van der Waals surface area (Å²) in [5.41, 5.74) is 1.61. The van der Waals surface area contributed by atoms with Gasteiger partial charge in [0.15, 0.2) is 5.82 Å². The minimum Gasteiger partial charge on any atom is -0.378 e. The summed E-state index contributed by atoms with van der Waals surface area (Å²) in [6.07, 6.45) is 3.62. The molecule has 0 radical (unpaired) electrons. The highest BCUT2D eigenvalue weighted by atomic mass is 35.5. The normalized spacial score (nSPS) is 10.8. The first-order chi connectivity index (χ1) is 8.22. The van der Waals surface area contributed by atoms with Crippen molar-refractivity contribution >= 4 is 11.6 Å². The van der Waals surface area contributed by atoms with Gasteiger partial charge in [-0.25, -0.2) is 9.97 Å². The largest absolute Gasteiger partial charge is 0.378 e. The minimum atomic E-state index is 0.409. The summed E-state index contributed by atoms with van der Waals surface area (Å²) in [4.78, 5) is 8.55. The summed E-state index contributed by atoms with van der Waals surface area (Å²) in [7, 11) is 1.62. The Bertz CT molecular complexity index is 512. The molecule has 0 aliphatic carbocycles. The number of aromatic nitrogens is 4. The van der Waals surface area contributed by atoms with Gasteiger partial charge in [0.25, 0.3) is 0 Å². The number of rotatable bonds is 4. The smallest absolute Gasteiger partial charge is 0.164 e. The molecule has 0 saturated heterocycles. The van der Waals surface area contributed by atoms with E-state index in [1.54, 1.807) is 19.4 Å². The summed E-state index contributed by atoms with van der Waals surface area (Å²) < 4.78 is 6.85. The van der Waals surface area contributed by atoms with E-state index in [4.69, 9.17) is 16.3 Å².